The number of allylic oxidation sites excluding steroid dienone is 2. The van der Waals surface area contributed by atoms with Gasteiger partial charge in [0, 0.05) is 14.2 Å². The van der Waals surface area contributed by atoms with Crippen LogP contribution in [-0.2, 0) is 28.4 Å². The first-order valence-corrected chi connectivity index (χ1v) is 9.50. The maximum atomic E-state index is 5.53. The van der Waals surface area contributed by atoms with Gasteiger partial charge in [-0.25, -0.2) is 0 Å². The minimum atomic E-state index is 0.521. The molecule has 0 N–H and O–H groups in total. The van der Waals surface area contributed by atoms with E-state index in [-0.39, 0.29) is 0 Å². The third-order valence-electron chi connectivity index (χ3n) is 3.87. The molecule has 0 bridgehead atoms. The lowest BCUT2D eigenvalue weighted by Gasteiger charge is -2.08. The van der Waals surface area contributed by atoms with Crippen molar-refractivity contribution in [2.45, 2.75) is 13.8 Å². The summed E-state index contributed by atoms with van der Waals surface area (Å²) >= 11 is 0. The van der Waals surface area contributed by atoms with Crippen molar-refractivity contribution < 1.29 is 28.4 Å². The molecule has 0 aliphatic rings. The lowest BCUT2D eigenvalue weighted by atomic mass is 10.0. The Labute approximate surface area is 169 Å². The lowest BCUT2D eigenvalue weighted by molar-refractivity contribution is 0.0465. The van der Waals surface area contributed by atoms with Gasteiger partial charge in [0.2, 0.25) is 0 Å². The minimum Gasteiger partial charge on any atom is -0.498 e. The van der Waals surface area contributed by atoms with Crippen LogP contribution < -0.4 is 0 Å². The minimum absolute atomic E-state index is 0.521. The van der Waals surface area contributed by atoms with Gasteiger partial charge < -0.3 is 28.4 Å². The summed E-state index contributed by atoms with van der Waals surface area (Å²) < 4.78 is 31.6. The molecule has 0 aromatic heterocycles. The van der Waals surface area contributed by atoms with E-state index in [4.69, 9.17) is 28.4 Å². The molecule has 28 heavy (non-hydrogen) atoms. The molecule has 6 nitrogen and oxygen atoms in total. The normalized spacial score (nSPS) is 12.3. The van der Waals surface area contributed by atoms with E-state index in [2.05, 4.69) is 24.3 Å². The van der Waals surface area contributed by atoms with Crippen molar-refractivity contribution in [3.05, 3.63) is 47.9 Å². The summed E-state index contributed by atoms with van der Waals surface area (Å²) in [6.07, 6.45) is 3.54. The first-order chi connectivity index (χ1) is 13.7. The number of hydrogen-bond donors (Lipinski definition) is 0. The Bertz CT molecular complexity index is 514. The van der Waals surface area contributed by atoms with Gasteiger partial charge in [0.25, 0.3) is 0 Å². The van der Waals surface area contributed by atoms with E-state index in [0.717, 1.165) is 22.3 Å². The molecule has 0 saturated heterocycles. The fourth-order valence-electron chi connectivity index (χ4n) is 2.20. The van der Waals surface area contributed by atoms with Crippen molar-refractivity contribution >= 4 is 11.1 Å². The van der Waals surface area contributed by atoms with Gasteiger partial charge in [0.15, 0.2) is 0 Å². The third kappa shape index (κ3) is 11.1. The van der Waals surface area contributed by atoms with Gasteiger partial charge >= 0.3 is 0 Å². The summed E-state index contributed by atoms with van der Waals surface area (Å²) in [4.78, 5) is 0. The van der Waals surface area contributed by atoms with Crippen LogP contribution in [0.15, 0.2) is 36.8 Å². The van der Waals surface area contributed by atoms with Crippen molar-refractivity contribution in [3.8, 4) is 0 Å². The maximum absolute atomic E-state index is 5.53. The zero-order valence-electron chi connectivity index (χ0n) is 17.6. The summed E-state index contributed by atoms with van der Waals surface area (Å²) in [6, 6.07) is 8.30. The molecular weight excluding hydrogens is 360 g/mol. The zero-order valence-corrected chi connectivity index (χ0v) is 17.6. The Morgan fingerprint density at radius 1 is 0.607 bits per heavy atom. The van der Waals surface area contributed by atoms with E-state index in [1.54, 1.807) is 26.7 Å². The van der Waals surface area contributed by atoms with E-state index in [9.17, 15) is 0 Å². The highest BCUT2D eigenvalue weighted by Gasteiger charge is 2.00. The molecule has 1 rings (SSSR count). The average Bonchev–Trinajstić information content (AvgIpc) is 2.72. The lowest BCUT2D eigenvalue weighted by Crippen LogP contribution is -2.06. The van der Waals surface area contributed by atoms with Gasteiger partial charge in [-0.05, 0) is 36.1 Å². The number of rotatable bonds is 16. The van der Waals surface area contributed by atoms with Gasteiger partial charge in [0.1, 0.15) is 13.2 Å². The first-order valence-electron chi connectivity index (χ1n) is 9.50. The average molecular weight is 395 g/mol. The molecule has 0 radical (unpaired) electrons. The van der Waals surface area contributed by atoms with Gasteiger partial charge in [-0.1, -0.05) is 24.3 Å². The third-order valence-corrected chi connectivity index (χ3v) is 3.87. The highest BCUT2D eigenvalue weighted by molar-refractivity contribution is 5.68. The Kier molecular flexibility index (Phi) is 13.9. The SMILES string of the molecule is COCCOCCOC=C(C)c1ccc(C(C)=COCCOCCOC)cc1. The second-order valence-electron chi connectivity index (χ2n) is 6.13. The second kappa shape index (κ2) is 16.1. The standard InChI is InChI=1S/C22H34O6/c1-19(17-27-15-13-25-11-9-23-3)21-5-7-22(8-6-21)20(2)18-28-16-14-26-12-10-24-4/h5-8,17-18H,9-16H2,1-4H3. The number of benzene rings is 1. The summed E-state index contributed by atoms with van der Waals surface area (Å²) in [5.74, 6) is 0. The molecule has 1 aromatic rings. The van der Waals surface area contributed by atoms with E-state index >= 15 is 0 Å². The maximum Gasteiger partial charge on any atom is 0.111 e. The van der Waals surface area contributed by atoms with E-state index in [1.807, 2.05) is 13.8 Å². The zero-order chi connectivity index (χ0) is 20.5. The van der Waals surface area contributed by atoms with Crippen LogP contribution in [0.2, 0.25) is 0 Å². The Morgan fingerprint density at radius 2 is 0.964 bits per heavy atom. The van der Waals surface area contributed by atoms with E-state index < -0.39 is 0 Å². The van der Waals surface area contributed by atoms with Crippen molar-refractivity contribution in [1.82, 2.24) is 0 Å². The van der Waals surface area contributed by atoms with Gasteiger partial charge in [-0.2, -0.15) is 0 Å². The van der Waals surface area contributed by atoms with Crippen LogP contribution in [0.5, 0.6) is 0 Å². The van der Waals surface area contributed by atoms with Crippen molar-refractivity contribution in [1.29, 1.82) is 0 Å². The van der Waals surface area contributed by atoms with Gasteiger partial charge in [0.05, 0.1) is 52.2 Å². The molecule has 0 atom stereocenters. The topological polar surface area (TPSA) is 55.4 Å². The molecule has 1 aromatic carbocycles. The van der Waals surface area contributed by atoms with Gasteiger partial charge in [-0.15, -0.1) is 0 Å². The van der Waals surface area contributed by atoms with Crippen molar-refractivity contribution in [2.75, 3.05) is 67.1 Å². The van der Waals surface area contributed by atoms with Crippen LogP contribution in [0.4, 0.5) is 0 Å². The fraction of sp³-hybridized carbons (Fsp3) is 0.545. The Hall–Kier alpha value is -1.86. The number of hydrogen-bond acceptors (Lipinski definition) is 6. The van der Waals surface area contributed by atoms with Crippen LogP contribution in [0.25, 0.3) is 11.1 Å². The van der Waals surface area contributed by atoms with E-state index in [0.29, 0.717) is 52.9 Å². The second-order valence-corrected chi connectivity index (χ2v) is 6.13. The highest BCUT2D eigenvalue weighted by Crippen LogP contribution is 2.19. The predicted molar refractivity (Wildman–Crippen MR) is 111 cm³/mol. The summed E-state index contributed by atoms with van der Waals surface area (Å²) in [5.41, 5.74) is 4.36. The quantitative estimate of drug-likeness (QED) is 0.314. The number of ether oxygens (including phenoxy) is 6. The summed E-state index contributed by atoms with van der Waals surface area (Å²) in [7, 11) is 3.31. The van der Waals surface area contributed by atoms with Gasteiger partial charge in [-0.3, -0.25) is 0 Å². The van der Waals surface area contributed by atoms with Crippen LogP contribution in [0.3, 0.4) is 0 Å². The van der Waals surface area contributed by atoms with Crippen LogP contribution in [0.1, 0.15) is 25.0 Å². The number of methoxy groups -OCH3 is 2. The highest BCUT2D eigenvalue weighted by atomic mass is 16.5. The predicted octanol–water partition coefficient (Wildman–Crippen LogP) is 3.77. The molecule has 0 fully saturated rings. The summed E-state index contributed by atoms with van der Waals surface area (Å²) in [5, 5.41) is 0. The fourth-order valence-corrected chi connectivity index (χ4v) is 2.20. The van der Waals surface area contributed by atoms with Crippen molar-refractivity contribution in [2.24, 2.45) is 0 Å². The summed E-state index contributed by atoms with van der Waals surface area (Å²) in [6.45, 7) is 8.56. The smallest absolute Gasteiger partial charge is 0.111 e. The monoisotopic (exact) mass is 394 g/mol. The van der Waals surface area contributed by atoms with Crippen LogP contribution in [-0.4, -0.2) is 67.1 Å². The largest absolute Gasteiger partial charge is 0.498 e. The molecule has 0 spiro atoms. The van der Waals surface area contributed by atoms with Crippen molar-refractivity contribution in [3.63, 3.8) is 0 Å². The van der Waals surface area contributed by atoms with Crippen LogP contribution in [0, 0.1) is 0 Å². The molecule has 0 unspecified atom stereocenters. The molecular formula is C22H34O6. The molecule has 0 aliphatic heterocycles. The molecule has 0 saturated carbocycles. The molecule has 158 valence electrons. The Morgan fingerprint density at radius 3 is 1.32 bits per heavy atom. The molecule has 0 heterocycles. The van der Waals surface area contributed by atoms with E-state index in [1.165, 1.54) is 0 Å². The molecule has 6 heteroatoms. The van der Waals surface area contributed by atoms with Crippen LogP contribution >= 0.6 is 0 Å². The first kappa shape index (κ1) is 24.2. The molecule has 0 aliphatic carbocycles. The molecule has 0 amide bonds. The Balaban J connectivity index is 2.34.